The maximum atomic E-state index is 12.3. The molecule has 0 radical (unpaired) electrons. The Kier molecular flexibility index (Phi) is 3.11. The lowest BCUT2D eigenvalue weighted by molar-refractivity contribution is 0.0600. The van der Waals surface area contributed by atoms with E-state index in [0.29, 0.717) is 12.0 Å². The number of benzene rings is 2. The molecule has 0 saturated carbocycles. The van der Waals surface area contributed by atoms with E-state index in [1.54, 1.807) is 12.1 Å². The highest BCUT2D eigenvalue weighted by atomic mass is 16.5. The van der Waals surface area contributed by atoms with Crippen molar-refractivity contribution < 1.29 is 14.3 Å². The van der Waals surface area contributed by atoms with E-state index in [2.05, 4.69) is 0 Å². The minimum absolute atomic E-state index is 0.0985. The van der Waals surface area contributed by atoms with Gasteiger partial charge in [0.25, 0.3) is 0 Å². The SMILES string of the molecule is COC(=O)c1ccc2c(c1)CC(=O)c1ccccc1C2. The number of methoxy groups -OCH3 is 1. The molecule has 1 aliphatic carbocycles. The summed E-state index contributed by atoms with van der Waals surface area (Å²) in [7, 11) is 1.36. The van der Waals surface area contributed by atoms with Crippen molar-refractivity contribution in [3.05, 3.63) is 70.3 Å². The molecule has 0 spiro atoms. The van der Waals surface area contributed by atoms with Crippen LogP contribution in [0, 0.1) is 0 Å². The molecular formula is C17H14O3. The van der Waals surface area contributed by atoms with Crippen LogP contribution in [0.5, 0.6) is 0 Å². The molecule has 100 valence electrons. The van der Waals surface area contributed by atoms with Gasteiger partial charge < -0.3 is 4.74 Å². The number of rotatable bonds is 1. The molecule has 1 aliphatic rings. The van der Waals surface area contributed by atoms with Crippen LogP contribution in [0.4, 0.5) is 0 Å². The van der Waals surface area contributed by atoms with Gasteiger partial charge in [-0.05, 0) is 35.2 Å². The molecule has 3 rings (SSSR count). The molecular weight excluding hydrogens is 252 g/mol. The molecule has 0 atom stereocenters. The Morgan fingerprint density at radius 1 is 1.00 bits per heavy atom. The van der Waals surface area contributed by atoms with Crippen LogP contribution in [0.3, 0.4) is 0 Å². The number of Topliss-reactive ketones (excluding diaryl/α,β-unsaturated/α-hetero) is 1. The van der Waals surface area contributed by atoms with Gasteiger partial charge >= 0.3 is 5.97 Å². The van der Waals surface area contributed by atoms with Crippen molar-refractivity contribution in [3.63, 3.8) is 0 Å². The van der Waals surface area contributed by atoms with Gasteiger partial charge in [-0.2, -0.15) is 0 Å². The number of ether oxygens (including phenoxy) is 1. The van der Waals surface area contributed by atoms with E-state index in [1.165, 1.54) is 7.11 Å². The molecule has 0 fully saturated rings. The second kappa shape index (κ2) is 4.93. The summed E-state index contributed by atoms with van der Waals surface area (Å²) in [6.45, 7) is 0. The fourth-order valence-corrected chi connectivity index (χ4v) is 2.63. The summed E-state index contributed by atoms with van der Waals surface area (Å²) < 4.78 is 4.72. The zero-order valence-electron chi connectivity index (χ0n) is 11.2. The maximum absolute atomic E-state index is 12.3. The average molecular weight is 266 g/mol. The molecule has 2 aromatic rings. The van der Waals surface area contributed by atoms with Crippen LogP contribution in [0.15, 0.2) is 42.5 Å². The molecule has 0 unspecified atom stereocenters. The van der Waals surface area contributed by atoms with E-state index < -0.39 is 0 Å². The van der Waals surface area contributed by atoms with Gasteiger partial charge in [0.15, 0.2) is 5.78 Å². The molecule has 0 bridgehead atoms. The van der Waals surface area contributed by atoms with Gasteiger partial charge in [-0.3, -0.25) is 4.79 Å². The van der Waals surface area contributed by atoms with Crippen molar-refractivity contribution in [3.8, 4) is 0 Å². The smallest absolute Gasteiger partial charge is 0.337 e. The number of hydrogen-bond donors (Lipinski definition) is 0. The molecule has 0 N–H and O–H groups in total. The van der Waals surface area contributed by atoms with Crippen molar-refractivity contribution in [1.29, 1.82) is 0 Å². The fourth-order valence-electron chi connectivity index (χ4n) is 2.63. The third-order valence-electron chi connectivity index (χ3n) is 3.68. The van der Waals surface area contributed by atoms with E-state index in [9.17, 15) is 9.59 Å². The molecule has 20 heavy (non-hydrogen) atoms. The van der Waals surface area contributed by atoms with E-state index in [4.69, 9.17) is 4.74 Å². The highest BCUT2D eigenvalue weighted by molar-refractivity contribution is 6.00. The van der Waals surface area contributed by atoms with Crippen LogP contribution >= 0.6 is 0 Å². The van der Waals surface area contributed by atoms with Crippen molar-refractivity contribution in [2.75, 3.05) is 7.11 Å². The van der Waals surface area contributed by atoms with E-state index in [1.807, 2.05) is 30.3 Å². The molecule has 0 saturated heterocycles. The van der Waals surface area contributed by atoms with Gasteiger partial charge in [0.2, 0.25) is 0 Å². The van der Waals surface area contributed by atoms with Gasteiger partial charge in [0.05, 0.1) is 12.7 Å². The molecule has 0 aliphatic heterocycles. The highest BCUT2D eigenvalue weighted by Gasteiger charge is 2.20. The van der Waals surface area contributed by atoms with Gasteiger partial charge in [-0.15, -0.1) is 0 Å². The minimum atomic E-state index is -0.373. The Balaban J connectivity index is 2.07. The first-order valence-corrected chi connectivity index (χ1v) is 6.50. The zero-order valence-corrected chi connectivity index (χ0v) is 11.2. The Morgan fingerprint density at radius 3 is 2.60 bits per heavy atom. The van der Waals surface area contributed by atoms with Gasteiger partial charge in [-0.1, -0.05) is 30.3 Å². The fraction of sp³-hybridized carbons (Fsp3) is 0.176. The summed E-state index contributed by atoms with van der Waals surface area (Å²) in [6.07, 6.45) is 1.05. The Bertz CT molecular complexity index is 701. The predicted molar refractivity (Wildman–Crippen MR) is 75.1 cm³/mol. The van der Waals surface area contributed by atoms with E-state index in [0.717, 1.165) is 28.7 Å². The van der Waals surface area contributed by atoms with Crippen molar-refractivity contribution in [2.45, 2.75) is 12.8 Å². The van der Waals surface area contributed by atoms with Gasteiger partial charge in [0.1, 0.15) is 0 Å². The van der Waals surface area contributed by atoms with Crippen LogP contribution in [0.1, 0.15) is 37.4 Å². The van der Waals surface area contributed by atoms with Crippen molar-refractivity contribution in [2.24, 2.45) is 0 Å². The molecule has 3 heteroatoms. The molecule has 2 aromatic carbocycles. The number of esters is 1. The van der Waals surface area contributed by atoms with Crippen LogP contribution in [-0.4, -0.2) is 18.9 Å². The van der Waals surface area contributed by atoms with Crippen LogP contribution in [0.2, 0.25) is 0 Å². The number of carbonyl (C=O) groups excluding carboxylic acids is 2. The van der Waals surface area contributed by atoms with Crippen LogP contribution in [0.25, 0.3) is 0 Å². The molecule has 0 heterocycles. The first-order valence-electron chi connectivity index (χ1n) is 6.50. The average Bonchev–Trinajstić information content (AvgIpc) is 2.62. The zero-order chi connectivity index (χ0) is 14.1. The molecule has 0 amide bonds. The lowest BCUT2D eigenvalue weighted by Gasteiger charge is -2.07. The van der Waals surface area contributed by atoms with Crippen LogP contribution in [-0.2, 0) is 17.6 Å². The predicted octanol–water partition coefficient (Wildman–Crippen LogP) is 2.80. The lowest BCUT2D eigenvalue weighted by atomic mass is 9.98. The number of carbonyl (C=O) groups is 2. The van der Waals surface area contributed by atoms with Gasteiger partial charge in [-0.25, -0.2) is 4.79 Å². The third kappa shape index (κ3) is 2.11. The monoisotopic (exact) mass is 266 g/mol. The topological polar surface area (TPSA) is 43.4 Å². The summed E-state index contributed by atoms with van der Waals surface area (Å²) in [5, 5.41) is 0. The lowest BCUT2D eigenvalue weighted by Crippen LogP contribution is -2.06. The Hall–Kier alpha value is -2.42. The Morgan fingerprint density at radius 2 is 1.80 bits per heavy atom. The van der Waals surface area contributed by atoms with Crippen molar-refractivity contribution in [1.82, 2.24) is 0 Å². The second-order valence-corrected chi connectivity index (χ2v) is 4.91. The first-order chi connectivity index (χ1) is 9.69. The highest BCUT2D eigenvalue weighted by Crippen LogP contribution is 2.25. The normalized spacial score (nSPS) is 13.2. The summed E-state index contributed by atoms with van der Waals surface area (Å²) in [6, 6.07) is 13.1. The maximum Gasteiger partial charge on any atom is 0.337 e. The summed E-state index contributed by atoms with van der Waals surface area (Å²) in [5.41, 5.74) is 4.32. The standard InChI is InChI=1S/C17H14O3/c1-20-17(19)13-7-6-11-8-12-4-2-3-5-15(12)16(18)10-14(11)9-13/h2-7,9H,8,10H2,1H3. The minimum Gasteiger partial charge on any atom is -0.465 e. The van der Waals surface area contributed by atoms with E-state index in [-0.39, 0.29) is 11.8 Å². The summed E-state index contributed by atoms with van der Waals surface area (Å²) in [4.78, 5) is 23.9. The number of fused-ring (bicyclic) bond motifs is 2. The first kappa shape index (κ1) is 12.6. The quantitative estimate of drug-likeness (QED) is 0.745. The van der Waals surface area contributed by atoms with Gasteiger partial charge in [0, 0.05) is 12.0 Å². The van der Waals surface area contributed by atoms with E-state index >= 15 is 0 Å². The largest absolute Gasteiger partial charge is 0.465 e. The van der Waals surface area contributed by atoms with Crippen LogP contribution < -0.4 is 0 Å². The van der Waals surface area contributed by atoms with Crippen molar-refractivity contribution >= 4 is 11.8 Å². The molecule has 0 aromatic heterocycles. The summed E-state index contributed by atoms with van der Waals surface area (Å²) in [5.74, 6) is -0.275. The number of ketones is 1. The Labute approximate surface area is 117 Å². The summed E-state index contributed by atoms with van der Waals surface area (Å²) >= 11 is 0. The molecule has 3 nitrogen and oxygen atoms in total. The number of hydrogen-bond acceptors (Lipinski definition) is 3. The second-order valence-electron chi connectivity index (χ2n) is 4.91. The third-order valence-corrected chi connectivity index (χ3v) is 3.68.